The van der Waals surface area contributed by atoms with Crippen molar-refractivity contribution in [3.05, 3.63) is 0 Å². The minimum Gasteiger partial charge on any atom is -0.461 e. The van der Waals surface area contributed by atoms with Crippen molar-refractivity contribution in [3.63, 3.8) is 0 Å². The molecule has 4 aliphatic carbocycles. The Morgan fingerprint density at radius 1 is 1.06 bits per heavy atom. The van der Waals surface area contributed by atoms with Gasteiger partial charge in [-0.3, -0.25) is 4.79 Å². The van der Waals surface area contributed by atoms with E-state index in [2.05, 4.69) is 6.92 Å². The molecule has 0 aliphatic heterocycles. The van der Waals surface area contributed by atoms with E-state index in [-0.39, 0.29) is 17.5 Å². The van der Waals surface area contributed by atoms with Crippen LogP contribution in [0.3, 0.4) is 0 Å². The van der Waals surface area contributed by atoms with Crippen LogP contribution in [0.2, 0.25) is 0 Å². The second kappa shape index (κ2) is 4.25. The molecule has 0 saturated heterocycles. The molecular formula is C16H26O2. The number of rotatable bonds is 3. The van der Waals surface area contributed by atoms with Gasteiger partial charge in [-0.25, -0.2) is 0 Å². The van der Waals surface area contributed by atoms with Crippen molar-refractivity contribution in [2.45, 2.75) is 65.4 Å². The van der Waals surface area contributed by atoms with Crippen LogP contribution in [0.1, 0.15) is 59.3 Å². The second-order valence-corrected chi connectivity index (χ2v) is 7.54. The third kappa shape index (κ3) is 1.98. The van der Waals surface area contributed by atoms with Crippen LogP contribution in [0, 0.1) is 29.1 Å². The highest BCUT2D eigenvalue weighted by Crippen LogP contribution is 2.54. The number of esters is 1. The molecule has 4 saturated carbocycles. The molecule has 0 spiro atoms. The van der Waals surface area contributed by atoms with E-state index in [0.717, 1.165) is 18.3 Å². The summed E-state index contributed by atoms with van der Waals surface area (Å²) in [6.07, 6.45) is 7.83. The predicted octanol–water partition coefficient (Wildman–Crippen LogP) is 3.79. The van der Waals surface area contributed by atoms with E-state index < -0.39 is 0 Å². The Morgan fingerprint density at radius 3 is 2.00 bits per heavy atom. The molecule has 0 N–H and O–H groups in total. The first kappa shape index (κ1) is 12.5. The van der Waals surface area contributed by atoms with Gasteiger partial charge < -0.3 is 4.74 Å². The Hall–Kier alpha value is -0.530. The zero-order chi connectivity index (χ0) is 12.9. The van der Waals surface area contributed by atoms with Crippen LogP contribution >= 0.6 is 0 Å². The van der Waals surface area contributed by atoms with Crippen LogP contribution in [0.5, 0.6) is 0 Å². The van der Waals surface area contributed by atoms with Gasteiger partial charge in [-0.05, 0) is 76.0 Å². The molecule has 0 heterocycles. The molecule has 0 amide bonds. The summed E-state index contributed by atoms with van der Waals surface area (Å²) in [5.41, 5.74) is -0.311. The summed E-state index contributed by atoms with van der Waals surface area (Å²) in [5, 5.41) is 0. The first-order valence-electron chi connectivity index (χ1n) is 7.70. The van der Waals surface area contributed by atoms with Gasteiger partial charge in [-0.2, -0.15) is 0 Å². The average molecular weight is 250 g/mol. The Kier molecular flexibility index (Phi) is 2.95. The molecule has 0 aromatic carbocycles. The number of hydrogen-bond donors (Lipinski definition) is 0. The fourth-order valence-electron chi connectivity index (χ4n) is 4.50. The highest BCUT2D eigenvalue weighted by Gasteiger charge is 2.50. The molecule has 4 fully saturated rings. The number of carbonyl (C=O) groups is 1. The molecule has 2 nitrogen and oxygen atoms in total. The molecule has 4 bridgehead atoms. The van der Waals surface area contributed by atoms with Gasteiger partial charge in [0.25, 0.3) is 0 Å². The lowest BCUT2D eigenvalue weighted by Gasteiger charge is -2.53. The summed E-state index contributed by atoms with van der Waals surface area (Å²) in [4.78, 5) is 12.3. The number of hydrogen-bond acceptors (Lipinski definition) is 2. The summed E-state index contributed by atoms with van der Waals surface area (Å²) in [6, 6.07) is 0. The third-order valence-electron chi connectivity index (χ3n) is 5.82. The lowest BCUT2D eigenvalue weighted by molar-refractivity contribution is -0.180. The fraction of sp³-hybridized carbons (Fsp3) is 0.938. The van der Waals surface area contributed by atoms with Gasteiger partial charge in [-0.15, -0.1) is 0 Å². The third-order valence-corrected chi connectivity index (χ3v) is 5.82. The number of ether oxygens (including phenoxy) is 1. The van der Waals surface area contributed by atoms with E-state index in [4.69, 9.17) is 4.74 Å². The van der Waals surface area contributed by atoms with E-state index >= 15 is 0 Å². The van der Waals surface area contributed by atoms with E-state index in [1.807, 2.05) is 13.8 Å². The van der Waals surface area contributed by atoms with E-state index in [9.17, 15) is 4.79 Å². The summed E-state index contributed by atoms with van der Waals surface area (Å²) in [7, 11) is 0. The Labute approximate surface area is 110 Å². The molecule has 0 radical (unpaired) electrons. The molecule has 18 heavy (non-hydrogen) atoms. The monoisotopic (exact) mass is 250 g/mol. The quantitative estimate of drug-likeness (QED) is 0.712. The van der Waals surface area contributed by atoms with Crippen molar-refractivity contribution in [3.8, 4) is 0 Å². The maximum atomic E-state index is 12.3. The van der Waals surface area contributed by atoms with Crippen LogP contribution in [-0.2, 0) is 9.53 Å². The van der Waals surface area contributed by atoms with Crippen LogP contribution in [0.15, 0.2) is 0 Å². The summed E-state index contributed by atoms with van der Waals surface area (Å²) < 4.78 is 5.94. The molecule has 0 unspecified atom stereocenters. The molecule has 0 atom stereocenters. The molecule has 0 aromatic heterocycles. The lowest BCUT2D eigenvalue weighted by atomic mass is 9.55. The van der Waals surface area contributed by atoms with Gasteiger partial charge in [0.1, 0.15) is 6.10 Å². The van der Waals surface area contributed by atoms with Crippen molar-refractivity contribution < 1.29 is 9.53 Å². The molecular weight excluding hydrogens is 224 g/mol. The zero-order valence-corrected chi connectivity index (χ0v) is 11.9. The minimum atomic E-state index is -0.311. The first-order chi connectivity index (χ1) is 8.49. The molecule has 2 heteroatoms. The molecule has 0 aromatic rings. The van der Waals surface area contributed by atoms with Gasteiger partial charge in [0, 0.05) is 0 Å². The van der Waals surface area contributed by atoms with E-state index in [1.54, 1.807) is 0 Å². The SMILES string of the molecule is CCC(C)(C)C(=O)OC1C2CC3CC(C2)CC1C3. The van der Waals surface area contributed by atoms with Crippen molar-refractivity contribution >= 4 is 5.97 Å². The summed E-state index contributed by atoms with van der Waals surface area (Å²) >= 11 is 0. The van der Waals surface area contributed by atoms with Crippen LogP contribution in [0.4, 0.5) is 0 Å². The molecule has 102 valence electrons. The highest BCUT2D eigenvalue weighted by atomic mass is 16.5. The normalized spacial score (nSPS) is 42.1. The van der Waals surface area contributed by atoms with Crippen molar-refractivity contribution in [2.75, 3.05) is 0 Å². The predicted molar refractivity (Wildman–Crippen MR) is 71.0 cm³/mol. The van der Waals surface area contributed by atoms with Gasteiger partial charge >= 0.3 is 5.97 Å². The van der Waals surface area contributed by atoms with Crippen molar-refractivity contribution in [1.82, 2.24) is 0 Å². The van der Waals surface area contributed by atoms with Gasteiger partial charge in [0.05, 0.1) is 5.41 Å². The van der Waals surface area contributed by atoms with Gasteiger partial charge in [-0.1, -0.05) is 6.92 Å². The molecule has 4 aliphatic rings. The highest BCUT2D eigenvalue weighted by molar-refractivity contribution is 5.76. The van der Waals surface area contributed by atoms with E-state index in [1.165, 1.54) is 32.1 Å². The largest absolute Gasteiger partial charge is 0.461 e. The lowest BCUT2D eigenvalue weighted by Crippen LogP contribution is -2.51. The summed E-state index contributed by atoms with van der Waals surface area (Å²) in [5.74, 6) is 3.28. The standard InChI is InChI=1S/C16H26O2/c1-4-16(2,3)15(17)18-14-12-6-10-5-11(8-12)9-13(14)7-10/h10-14H,4-9H2,1-3H3. The van der Waals surface area contributed by atoms with Crippen molar-refractivity contribution in [2.24, 2.45) is 29.1 Å². The van der Waals surface area contributed by atoms with Gasteiger partial charge in [0.15, 0.2) is 0 Å². The van der Waals surface area contributed by atoms with Crippen LogP contribution in [0.25, 0.3) is 0 Å². The minimum absolute atomic E-state index is 0.0301. The molecule has 4 rings (SSSR count). The van der Waals surface area contributed by atoms with Crippen LogP contribution in [-0.4, -0.2) is 12.1 Å². The van der Waals surface area contributed by atoms with E-state index in [0.29, 0.717) is 11.8 Å². The average Bonchev–Trinajstić information content (AvgIpc) is 2.32. The Morgan fingerprint density at radius 2 is 1.56 bits per heavy atom. The Bertz CT molecular complexity index is 317. The van der Waals surface area contributed by atoms with Crippen molar-refractivity contribution in [1.29, 1.82) is 0 Å². The topological polar surface area (TPSA) is 26.3 Å². The smallest absolute Gasteiger partial charge is 0.311 e. The Balaban J connectivity index is 1.69. The summed E-state index contributed by atoms with van der Waals surface area (Å²) in [6.45, 7) is 6.08. The van der Waals surface area contributed by atoms with Crippen LogP contribution < -0.4 is 0 Å². The fourth-order valence-corrected chi connectivity index (χ4v) is 4.50. The van der Waals surface area contributed by atoms with Gasteiger partial charge in [0.2, 0.25) is 0 Å². The maximum Gasteiger partial charge on any atom is 0.311 e. The second-order valence-electron chi connectivity index (χ2n) is 7.54. The maximum absolute atomic E-state index is 12.3. The zero-order valence-electron chi connectivity index (χ0n) is 11.9. The number of carbonyl (C=O) groups excluding carboxylic acids is 1. The first-order valence-corrected chi connectivity index (χ1v) is 7.70.